The number of hydrogen-bond acceptors (Lipinski definition) is 5. The first kappa shape index (κ1) is 17.9. The van der Waals surface area contributed by atoms with Gasteiger partial charge in [-0.25, -0.2) is 0 Å². The standard InChI is InChI=1S/C21H22O5/c1-22-19-11-16(12-20(23-2)21(19)24-3)18-10-9-17(26-18)14-25-13-15-7-5-4-6-8-15/h4-12H,13-14H2,1-3H3. The van der Waals surface area contributed by atoms with Crippen LogP contribution in [-0.4, -0.2) is 21.3 Å². The van der Waals surface area contributed by atoms with Crippen molar-refractivity contribution in [3.63, 3.8) is 0 Å². The number of furan rings is 1. The molecule has 0 N–H and O–H groups in total. The van der Waals surface area contributed by atoms with Crippen LogP contribution < -0.4 is 14.2 Å². The third-order valence-electron chi connectivity index (χ3n) is 3.97. The molecule has 0 spiro atoms. The molecule has 136 valence electrons. The number of benzene rings is 2. The van der Waals surface area contributed by atoms with E-state index < -0.39 is 0 Å². The molecule has 0 radical (unpaired) electrons. The lowest BCUT2D eigenvalue weighted by atomic mass is 10.1. The van der Waals surface area contributed by atoms with Crippen LogP contribution in [-0.2, 0) is 18.0 Å². The second kappa shape index (κ2) is 8.45. The Morgan fingerprint density at radius 1 is 0.769 bits per heavy atom. The van der Waals surface area contributed by atoms with E-state index in [0.717, 1.165) is 16.9 Å². The fraction of sp³-hybridized carbons (Fsp3) is 0.238. The summed E-state index contributed by atoms with van der Waals surface area (Å²) in [7, 11) is 4.76. The predicted octanol–water partition coefficient (Wildman–Crippen LogP) is 4.69. The van der Waals surface area contributed by atoms with E-state index in [-0.39, 0.29) is 0 Å². The van der Waals surface area contributed by atoms with Crippen LogP contribution in [0.3, 0.4) is 0 Å². The maximum absolute atomic E-state index is 5.90. The molecule has 5 heteroatoms. The summed E-state index contributed by atoms with van der Waals surface area (Å²) in [4.78, 5) is 0. The molecular weight excluding hydrogens is 332 g/mol. The van der Waals surface area contributed by atoms with E-state index in [1.165, 1.54) is 0 Å². The third-order valence-corrected chi connectivity index (χ3v) is 3.97. The molecule has 0 saturated heterocycles. The Labute approximate surface area is 153 Å². The average Bonchev–Trinajstić information content (AvgIpc) is 3.16. The van der Waals surface area contributed by atoms with Crippen molar-refractivity contribution < 1.29 is 23.4 Å². The van der Waals surface area contributed by atoms with Crippen LogP contribution >= 0.6 is 0 Å². The van der Waals surface area contributed by atoms with Gasteiger partial charge in [-0.05, 0) is 29.8 Å². The Morgan fingerprint density at radius 3 is 2.08 bits per heavy atom. The minimum atomic E-state index is 0.402. The molecule has 0 aliphatic carbocycles. The topological polar surface area (TPSA) is 50.1 Å². The Kier molecular flexibility index (Phi) is 5.81. The predicted molar refractivity (Wildman–Crippen MR) is 98.7 cm³/mol. The van der Waals surface area contributed by atoms with Crippen molar-refractivity contribution in [3.8, 4) is 28.6 Å². The van der Waals surface area contributed by atoms with Gasteiger partial charge in [0.1, 0.15) is 18.1 Å². The fourth-order valence-electron chi connectivity index (χ4n) is 2.68. The van der Waals surface area contributed by atoms with Crippen LogP contribution in [0, 0.1) is 0 Å². The summed E-state index contributed by atoms with van der Waals surface area (Å²) in [5, 5.41) is 0. The summed E-state index contributed by atoms with van der Waals surface area (Å²) in [5.74, 6) is 3.18. The molecule has 0 bridgehead atoms. The van der Waals surface area contributed by atoms with E-state index in [2.05, 4.69) is 0 Å². The summed E-state index contributed by atoms with van der Waals surface area (Å²) in [6, 6.07) is 17.6. The maximum atomic E-state index is 5.90. The quantitative estimate of drug-likeness (QED) is 0.587. The van der Waals surface area contributed by atoms with E-state index in [1.807, 2.05) is 54.6 Å². The first-order valence-electron chi connectivity index (χ1n) is 8.26. The van der Waals surface area contributed by atoms with E-state index >= 15 is 0 Å². The minimum absolute atomic E-state index is 0.402. The molecule has 0 unspecified atom stereocenters. The lowest BCUT2D eigenvalue weighted by Crippen LogP contribution is -1.95. The fourth-order valence-corrected chi connectivity index (χ4v) is 2.68. The van der Waals surface area contributed by atoms with Crippen molar-refractivity contribution >= 4 is 0 Å². The Bertz CT molecular complexity index is 814. The highest BCUT2D eigenvalue weighted by molar-refractivity contribution is 5.67. The van der Waals surface area contributed by atoms with Gasteiger partial charge in [0.25, 0.3) is 0 Å². The highest BCUT2D eigenvalue weighted by Crippen LogP contribution is 2.41. The zero-order chi connectivity index (χ0) is 18.4. The highest BCUT2D eigenvalue weighted by Gasteiger charge is 2.16. The van der Waals surface area contributed by atoms with Crippen LogP contribution in [0.4, 0.5) is 0 Å². The monoisotopic (exact) mass is 354 g/mol. The van der Waals surface area contributed by atoms with Gasteiger partial charge >= 0.3 is 0 Å². The summed E-state index contributed by atoms with van der Waals surface area (Å²) < 4.78 is 27.8. The summed E-state index contributed by atoms with van der Waals surface area (Å²) in [5.41, 5.74) is 1.97. The van der Waals surface area contributed by atoms with E-state index in [1.54, 1.807) is 21.3 Å². The molecule has 2 aromatic carbocycles. The highest BCUT2D eigenvalue weighted by atomic mass is 16.5. The van der Waals surface area contributed by atoms with Gasteiger partial charge in [0.05, 0.1) is 27.9 Å². The van der Waals surface area contributed by atoms with Gasteiger partial charge in [-0.2, -0.15) is 0 Å². The van der Waals surface area contributed by atoms with Crippen molar-refractivity contribution in [2.45, 2.75) is 13.2 Å². The third kappa shape index (κ3) is 4.00. The molecule has 1 heterocycles. The second-order valence-corrected chi connectivity index (χ2v) is 5.66. The van der Waals surface area contributed by atoms with Crippen molar-refractivity contribution in [2.75, 3.05) is 21.3 Å². The average molecular weight is 354 g/mol. The van der Waals surface area contributed by atoms with Crippen LogP contribution in [0.2, 0.25) is 0 Å². The normalized spacial score (nSPS) is 10.6. The van der Waals surface area contributed by atoms with E-state index in [9.17, 15) is 0 Å². The van der Waals surface area contributed by atoms with Gasteiger partial charge in [0, 0.05) is 5.56 Å². The molecule has 0 amide bonds. The number of ether oxygens (including phenoxy) is 4. The Hall–Kier alpha value is -2.92. The number of rotatable bonds is 8. The zero-order valence-corrected chi connectivity index (χ0v) is 15.2. The molecule has 1 aromatic heterocycles. The Balaban J connectivity index is 1.73. The van der Waals surface area contributed by atoms with Crippen molar-refractivity contribution in [1.29, 1.82) is 0 Å². The number of methoxy groups -OCH3 is 3. The van der Waals surface area contributed by atoms with E-state index in [0.29, 0.717) is 36.2 Å². The maximum Gasteiger partial charge on any atom is 0.203 e. The largest absolute Gasteiger partial charge is 0.493 e. The molecule has 0 atom stereocenters. The lowest BCUT2D eigenvalue weighted by molar-refractivity contribution is 0.0934. The van der Waals surface area contributed by atoms with Crippen molar-refractivity contribution in [3.05, 3.63) is 65.9 Å². The first-order valence-corrected chi connectivity index (χ1v) is 8.26. The van der Waals surface area contributed by atoms with E-state index in [4.69, 9.17) is 23.4 Å². The SMILES string of the molecule is COc1cc(-c2ccc(COCc3ccccc3)o2)cc(OC)c1OC. The Morgan fingerprint density at radius 2 is 1.46 bits per heavy atom. The minimum Gasteiger partial charge on any atom is -0.493 e. The molecule has 0 aliphatic heterocycles. The van der Waals surface area contributed by atoms with Crippen LogP contribution in [0.15, 0.2) is 59.0 Å². The van der Waals surface area contributed by atoms with Gasteiger partial charge in [0.2, 0.25) is 5.75 Å². The van der Waals surface area contributed by atoms with Crippen molar-refractivity contribution in [2.24, 2.45) is 0 Å². The van der Waals surface area contributed by atoms with Crippen LogP contribution in [0.25, 0.3) is 11.3 Å². The van der Waals surface area contributed by atoms with Crippen LogP contribution in [0.5, 0.6) is 17.2 Å². The molecule has 26 heavy (non-hydrogen) atoms. The molecule has 3 rings (SSSR count). The molecule has 0 fully saturated rings. The van der Waals surface area contributed by atoms with Gasteiger partial charge in [-0.1, -0.05) is 30.3 Å². The van der Waals surface area contributed by atoms with Gasteiger partial charge in [-0.15, -0.1) is 0 Å². The van der Waals surface area contributed by atoms with Gasteiger partial charge in [-0.3, -0.25) is 0 Å². The van der Waals surface area contributed by atoms with Gasteiger partial charge < -0.3 is 23.4 Å². The summed E-state index contributed by atoms with van der Waals surface area (Å²) in [6.45, 7) is 0.945. The smallest absolute Gasteiger partial charge is 0.203 e. The molecule has 5 nitrogen and oxygen atoms in total. The summed E-state index contributed by atoms with van der Waals surface area (Å²) in [6.07, 6.45) is 0. The lowest BCUT2D eigenvalue weighted by Gasteiger charge is -2.13. The van der Waals surface area contributed by atoms with Crippen LogP contribution in [0.1, 0.15) is 11.3 Å². The molecule has 3 aromatic rings. The molecule has 0 saturated carbocycles. The number of hydrogen-bond donors (Lipinski definition) is 0. The summed E-state index contributed by atoms with van der Waals surface area (Å²) >= 11 is 0. The molecular formula is C21H22O5. The first-order chi connectivity index (χ1) is 12.7. The zero-order valence-electron chi connectivity index (χ0n) is 15.2. The van der Waals surface area contributed by atoms with Crippen molar-refractivity contribution in [1.82, 2.24) is 0 Å². The molecule has 0 aliphatic rings. The second-order valence-electron chi connectivity index (χ2n) is 5.66. The van der Waals surface area contributed by atoms with Gasteiger partial charge in [0.15, 0.2) is 11.5 Å².